The molecule has 0 unspecified atom stereocenters. The number of rotatable bonds is 4. The molecule has 0 spiro atoms. The second-order valence-electron chi connectivity index (χ2n) is 4.23. The zero-order chi connectivity index (χ0) is 13.5. The van der Waals surface area contributed by atoms with Crippen LogP contribution in [0.2, 0.25) is 0 Å². The fourth-order valence-electron chi connectivity index (χ4n) is 1.65. The van der Waals surface area contributed by atoms with Crippen LogP contribution in [0.15, 0.2) is 35.2 Å². The molecule has 0 aromatic carbocycles. The Bertz CT molecular complexity index is 395. The van der Waals surface area contributed by atoms with Gasteiger partial charge in [0.1, 0.15) is 6.61 Å². The van der Waals surface area contributed by atoms with Crippen molar-refractivity contribution in [2.45, 2.75) is 27.2 Å². The van der Waals surface area contributed by atoms with Gasteiger partial charge in [-0.05, 0) is 32.4 Å². The van der Waals surface area contributed by atoms with E-state index in [2.05, 4.69) is 6.92 Å². The summed E-state index contributed by atoms with van der Waals surface area (Å²) in [6.07, 6.45) is 6.58. The summed E-state index contributed by atoms with van der Waals surface area (Å²) in [5, 5.41) is 0. The first-order valence-electron chi connectivity index (χ1n) is 6.27. The number of carbonyl (C=O) groups excluding carboxylic acids is 1. The topological polar surface area (TPSA) is 55.6 Å². The first-order valence-corrected chi connectivity index (χ1v) is 6.27. The average molecular weight is 250 g/mol. The fraction of sp³-hybridized carbons (Fsp3) is 0.500. The molecule has 2 N–H and O–H groups in total. The maximum atomic E-state index is 11.7. The Kier molecular flexibility index (Phi) is 5.65. The Morgan fingerprint density at radius 1 is 1.50 bits per heavy atom. The molecule has 0 aliphatic carbocycles. The van der Waals surface area contributed by atoms with Crippen molar-refractivity contribution in [3.63, 3.8) is 0 Å². The summed E-state index contributed by atoms with van der Waals surface area (Å²) in [6, 6.07) is 0. The maximum absolute atomic E-state index is 11.7. The van der Waals surface area contributed by atoms with Crippen molar-refractivity contribution in [1.29, 1.82) is 0 Å². The van der Waals surface area contributed by atoms with Gasteiger partial charge in [0, 0.05) is 17.9 Å². The van der Waals surface area contributed by atoms with E-state index < -0.39 is 0 Å². The molecule has 0 radical (unpaired) electrons. The molecular weight excluding hydrogens is 228 g/mol. The number of amides is 1. The van der Waals surface area contributed by atoms with E-state index in [9.17, 15) is 4.79 Å². The van der Waals surface area contributed by atoms with E-state index in [-0.39, 0.29) is 12.5 Å². The molecule has 1 amide bonds. The molecule has 1 fully saturated rings. The van der Waals surface area contributed by atoms with Crippen LogP contribution in [0.25, 0.3) is 0 Å². The van der Waals surface area contributed by atoms with E-state index in [0.29, 0.717) is 13.2 Å². The Labute approximate surface area is 109 Å². The minimum atomic E-state index is -0.00577. The standard InChI is InChI=1S/C14H22N2O2/c1-4-11(3)13(15)7-6-12(5-2)16-8-9-18-10-14(16)17/h5-7H,4,8-10,15H2,1-3H3/b7-6-,12-5+,13-11+. The molecule has 100 valence electrons. The maximum Gasteiger partial charge on any atom is 0.253 e. The van der Waals surface area contributed by atoms with Crippen LogP contribution in [0.4, 0.5) is 0 Å². The summed E-state index contributed by atoms with van der Waals surface area (Å²) in [4.78, 5) is 13.4. The van der Waals surface area contributed by atoms with E-state index in [4.69, 9.17) is 10.5 Å². The van der Waals surface area contributed by atoms with Gasteiger partial charge in [-0.15, -0.1) is 0 Å². The van der Waals surface area contributed by atoms with E-state index in [0.717, 1.165) is 23.4 Å². The van der Waals surface area contributed by atoms with Crippen LogP contribution >= 0.6 is 0 Å². The molecule has 1 aliphatic rings. The Morgan fingerprint density at radius 2 is 2.22 bits per heavy atom. The largest absolute Gasteiger partial charge is 0.399 e. The molecule has 1 heterocycles. The highest BCUT2D eigenvalue weighted by Gasteiger charge is 2.20. The fourth-order valence-corrected chi connectivity index (χ4v) is 1.65. The molecule has 0 saturated carbocycles. The summed E-state index contributed by atoms with van der Waals surface area (Å²) in [5.74, 6) is -0.00577. The van der Waals surface area contributed by atoms with E-state index in [1.54, 1.807) is 4.90 Å². The lowest BCUT2D eigenvalue weighted by atomic mass is 10.1. The predicted octanol–water partition coefficient (Wildman–Crippen LogP) is 1.95. The highest BCUT2D eigenvalue weighted by atomic mass is 16.5. The van der Waals surface area contributed by atoms with Crippen LogP contribution in [0.5, 0.6) is 0 Å². The van der Waals surface area contributed by atoms with E-state index >= 15 is 0 Å². The van der Waals surface area contributed by atoms with Gasteiger partial charge in [0.15, 0.2) is 0 Å². The van der Waals surface area contributed by atoms with Gasteiger partial charge in [-0.3, -0.25) is 4.79 Å². The number of hydrogen-bond acceptors (Lipinski definition) is 3. The first-order chi connectivity index (χ1) is 8.60. The third kappa shape index (κ3) is 3.74. The van der Waals surface area contributed by atoms with Crippen molar-refractivity contribution < 1.29 is 9.53 Å². The number of morpholine rings is 1. The third-order valence-electron chi connectivity index (χ3n) is 3.05. The van der Waals surface area contributed by atoms with Crippen molar-refractivity contribution in [3.8, 4) is 0 Å². The minimum absolute atomic E-state index is 0.00577. The lowest BCUT2D eigenvalue weighted by molar-refractivity contribution is -0.139. The van der Waals surface area contributed by atoms with Gasteiger partial charge in [0.05, 0.1) is 6.61 Å². The second kappa shape index (κ2) is 7.01. The summed E-state index contributed by atoms with van der Waals surface area (Å²) in [7, 11) is 0. The molecular formula is C14H22N2O2. The number of hydrogen-bond donors (Lipinski definition) is 1. The van der Waals surface area contributed by atoms with Crippen molar-refractivity contribution in [2.24, 2.45) is 5.73 Å². The average Bonchev–Trinajstić information content (AvgIpc) is 2.40. The summed E-state index contributed by atoms with van der Waals surface area (Å²) < 4.78 is 5.11. The Hall–Kier alpha value is -1.55. The SMILES string of the molecule is C\C=C(/C=C\C(N)=C(\C)CC)N1CCOCC1=O. The number of nitrogens with two attached hydrogens (primary N) is 1. The second-order valence-corrected chi connectivity index (χ2v) is 4.23. The summed E-state index contributed by atoms with van der Waals surface area (Å²) in [6.45, 7) is 7.32. The van der Waals surface area contributed by atoms with Gasteiger partial charge in [-0.2, -0.15) is 0 Å². The highest BCUT2D eigenvalue weighted by molar-refractivity contribution is 5.80. The monoisotopic (exact) mass is 250 g/mol. The first kappa shape index (κ1) is 14.5. The zero-order valence-electron chi connectivity index (χ0n) is 11.4. The van der Waals surface area contributed by atoms with Crippen LogP contribution in [0, 0.1) is 0 Å². The Balaban J connectivity index is 2.80. The molecule has 18 heavy (non-hydrogen) atoms. The molecule has 0 atom stereocenters. The predicted molar refractivity (Wildman–Crippen MR) is 72.6 cm³/mol. The lowest BCUT2D eigenvalue weighted by Crippen LogP contribution is -2.40. The van der Waals surface area contributed by atoms with E-state index in [1.807, 2.05) is 32.1 Å². The van der Waals surface area contributed by atoms with Crippen molar-refractivity contribution in [2.75, 3.05) is 19.8 Å². The van der Waals surface area contributed by atoms with Gasteiger partial charge in [0.2, 0.25) is 0 Å². The molecule has 0 aromatic rings. The van der Waals surface area contributed by atoms with Crippen molar-refractivity contribution in [3.05, 3.63) is 35.2 Å². The number of allylic oxidation sites excluding steroid dienone is 4. The van der Waals surface area contributed by atoms with Crippen LogP contribution in [-0.2, 0) is 9.53 Å². The summed E-state index contributed by atoms with van der Waals surface area (Å²) >= 11 is 0. The molecule has 0 bridgehead atoms. The zero-order valence-corrected chi connectivity index (χ0v) is 11.4. The van der Waals surface area contributed by atoms with Crippen LogP contribution < -0.4 is 5.73 Å². The van der Waals surface area contributed by atoms with E-state index in [1.165, 1.54) is 0 Å². The van der Waals surface area contributed by atoms with Crippen molar-refractivity contribution in [1.82, 2.24) is 4.90 Å². The lowest BCUT2D eigenvalue weighted by Gasteiger charge is -2.27. The molecule has 0 aromatic heterocycles. The van der Waals surface area contributed by atoms with Gasteiger partial charge in [-0.25, -0.2) is 0 Å². The molecule has 4 nitrogen and oxygen atoms in total. The molecule has 1 saturated heterocycles. The van der Waals surface area contributed by atoms with Gasteiger partial charge < -0.3 is 15.4 Å². The molecule has 1 rings (SSSR count). The van der Waals surface area contributed by atoms with Gasteiger partial charge >= 0.3 is 0 Å². The van der Waals surface area contributed by atoms with Crippen LogP contribution in [0.1, 0.15) is 27.2 Å². The third-order valence-corrected chi connectivity index (χ3v) is 3.05. The smallest absolute Gasteiger partial charge is 0.253 e. The molecule has 4 heteroatoms. The normalized spacial score (nSPS) is 19.4. The van der Waals surface area contributed by atoms with Crippen LogP contribution in [-0.4, -0.2) is 30.6 Å². The Morgan fingerprint density at radius 3 is 2.78 bits per heavy atom. The van der Waals surface area contributed by atoms with Crippen molar-refractivity contribution >= 4 is 5.91 Å². The summed E-state index contributed by atoms with van der Waals surface area (Å²) in [5.41, 5.74) is 8.71. The highest BCUT2D eigenvalue weighted by Crippen LogP contribution is 2.12. The van der Waals surface area contributed by atoms with Gasteiger partial charge in [0.25, 0.3) is 5.91 Å². The number of carbonyl (C=O) groups is 1. The minimum Gasteiger partial charge on any atom is -0.399 e. The number of ether oxygens (including phenoxy) is 1. The quantitative estimate of drug-likeness (QED) is 0.776. The van der Waals surface area contributed by atoms with Crippen LogP contribution in [0.3, 0.4) is 0 Å². The molecule has 1 aliphatic heterocycles. The number of nitrogens with zero attached hydrogens (tertiary/aromatic N) is 1. The van der Waals surface area contributed by atoms with Gasteiger partial charge in [-0.1, -0.05) is 18.6 Å².